The molecule has 102 valence electrons. The third kappa shape index (κ3) is 3.09. The third-order valence-electron chi connectivity index (χ3n) is 2.45. The molecule has 3 N–H and O–H groups in total. The van der Waals surface area contributed by atoms with Crippen molar-refractivity contribution in [1.82, 2.24) is 14.7 Å². The van der Waals surface area contributed by atoms with Crippen LogP contribution in [0.25, 0.3) is 0 Å². The quantitative estimate of drug-likeness (QED) is 0.890. The molecule has 0 aliphatic heterocycles. The summed E-state index contributed by atoms with van der Waals surface area (Å²) < 4.78 is 26.9. The normalized spacial score (nSPS) is 13.4. The molecular formula is C11H14N4O2S2. The van der Waals surface area contributed by atoms with Crippen molar-refractivity contribution in [2.45, 2.75) is 24.8 Å². The number of nitrogens with two attached hydrogens (primary N) is 1. The number of sulfonamides is 1. The second kappa shape index (κ2) is 5.24. The van der Waals surface area contributed by atoms with Crippen molar-refractivity contribution in [3.63, 3.8) is 0 Å². The lowest BCUT2D eigenvalue weighted by Crippen LogP contribution is -2.27. The first-order valence-electron chi connectivity index (χ1n) is 5.54. The van der Waals surface area contributed by atoms with Gasteiger partial charge in [0.2, 0.25) is 10.0 Å². The second-order valence-corrected chi connectivity index (χ2v) is 7.01. The van der Waals surface area contributed by atoms with Gasteiger partial charge in [-0.15, -0.1) is 11.3 Å². The Morgan fingerprint density at radius 2 is 2.16 bits per heavy atom. The van der Waals surface area contributed by atoms with E-state index in [1.165, 1.54) is 29.8 Å². The number of nitrogens with one attached hydrogen (secondary N) is 1. The molecule has 0 amide bonds. The highest BCUT2D eigenvalue weighted by Crippen LogP contribution is 2.22. The highest BCUT2D eigenvalue weighted by atomic mass is 32.2. The fourth-order valence-corrected chi connectivity index (χ4v) is 3.67. The first-order valence-corrected chi connectivity index (χ1v) is 7.84. The molecule has 2 aromatic rings. The van der Waals surface area contributed by atoms with E-state index in [1.807, 2.05) is 6.92 Å². The van der Waals surface area contributed by atoms with Gasteiger partial charge in [-0.1, -0.05) is 0 Å². The minimum Gasteiger partial charge on any atom is -0.398 e. The highest BCUT2D eigenvalue weighted by Gasteiger charge is 2.22. The van der Waals surface area contributed by atoms with Crippen LogP contribution in [0.3, 0.4) is 0 Å². The summed E-state index contributed by atoms with van der Waals surface area (Å²) in [6.07, 6.45) is 4.39. The molecule has 1 unspecified atom stereocenters. The number of nitrogens with zero attached hydrogens (tertiary/aromatic N) is 2. The van der Waals surface area contributed by atoms with Crippen LogP contribution in [0.2, 0.25) is 0 Å². The molecule has 0 radical (unpaired) electrons. The molecule has 2 heterocycles. The van der Waals surface area contributed by atoms with Gasteiger partial charge in [0.05, 0.1) is 11.7 Å². The monoisotopic (exact) mass is 298 g/mol. The van der Waals surface area contributed by atoms with Gasteiger partial charge in [0, 0.05) is 23.5 Å². The lowest BCUT2D eigenvalue weighted by atomic mass is 10.4. The van der Waals surface area contributed by atoms with Crippen molar-refractivity contribution in [1.29, 1.82) is 0 Å². The van der Waals surface area contributed by atoms with Gasteiger partial charge in [-0.05, 0) is 19.9 Å². The van der Waals surface area contributed by atoms with Crippen LogP contribution in [-0.2, 0) is 10.0 Å². The summed E-state index contributed by atoms with van der Waals surface area (Å²) in [5.41, 5.74) is 5.82. The summed E-state index contributed by atoms with van der Waals surface area (Å²) in [4.78, 5) is 8.96. The van der Waals surface area contributed by atoms with Crippen molar-refractivity contribution in [3.05, 3.63) is 34.5 Å². The predicted molar refractivity (Wildman–Crippen MR) is 74.2 cm³/mol. The summed E-state index contributed by atoms with van der Waals surface area (Å²) >= 11 is 1.45. The van der Waals surface area contributed by atoms with E-state index in [4.69, 9.17) is 5.73 Å². The van der Waals surface area contributed by atoms with Crippen LogP contribution in [0, 0.1) is 6.92 Å². The van der Waals surface area contributed by atoms with Crippen molar-refractivity contribution >= 4 is 27.0 Å². The van der Waals surface area contributed by atoms with Crippen molar-refractivity contribution < 1.29 is 8.42 Å². The first kappa shape index (κ1) is 13.9. The average molecular weight is 298 g/mol. The van der Waals surface area contributed by atoms with Gasteiger partial charge in [0.1, 0.15) is 9.90 Å². The molecule has 0 aliphatic rings. The van der Waals surface area contributed by atoms with Crippen LogP contribution in [0.1, 0.15) is 22.9 Å². The van der Waals surface area contributed by atoms with Crippen LogP contribution in [0.15, 0.2) is 29.6 Å². The number of anilines is 1. The first-order chi connectivity index (χ1) is 8.90. The van der Waals surface area contributed by atoms with Crippen LogP contribution >= 0.6 is 11.3 Å². The Labute approximate surface area is 115 Å². The molecule has 1 atom stereocenters. The van der Waals surface area contributed by atoms with E-state index in [-0.39, 0.29) is 10.6 Å². The molecule has 0 saturated heterocycles. The molecule has 6 nitrogen and oxygen atoms in total. The number of rotatable bonds is 4. The fourth-order valence-electron chi connectivity index (χ4n) is 1.53. The number of hydrogen-bond acceptors (Lipinski definition) is 6. The van der Waals surface area contributed by atoms with Gasteiger partial charge < -0.3 is 5.73 Å². The van der Waals surface area contributed by atoms with Gasteiger partial charge in [-0.25, -0.2) is 18.1 Å². The predicted octanol–water partition coefficient (Wildman–Crippen LogP) is 1.47. The molecule has 0 aromatic carbocycles. The average Bonchev–Trinajstić information content (AvgIpc) is 2.76. The zero-order chi connectivity index (χ0) is 14.0. The molecule has 19 heavy (non-hydrogen) atoms. The minimum atomic E-state index is -3.70. The maximum atomic E-state index is 12.2. The SMILES string of the molecule is Cc1cnc(C(C)NS(=O)(=O)c2cnccc2N)s1. The van der Waals surface area contributed by atoms with Gasteiger partial charge >= 0.3 is 0 Å². The summed E-state index contributed by atoms with van der Waals surface area (Å²) in [6.45, 7) is 3.66. The number of pyridine rings is 1. The van der Waals surface area contributed by atoms with E-state index >= 15 is 0 Å². The van der Waals surface area contributed by atoms with Gasteiger partial charge in [-0.2, -0.15) is 0 Å². The van der Waals surface area contributed by atoms with E-state index < -0.39 is 16.1 Å². The van der Waals surface area contributed by atoms with E-state index in [2.05, 4.69) is 14.7 Å². The Hall–Kier alpha value is -1.51. The van der Waals surface area contributed by atoms with Gasteiger partial charge in [-0.3, -0.25) is 4.98 Å². The Morgan fingerprint density at radius 1 is 1.42 bits per heavy atom. The van der Waals surface area contributed by atoms with Crippen LogP contribution < -0.4 is 10.5 Å². The largest absolute Gasteiger partial charge is 0.398 e. The Kier molecular flexibility index (Phi) is 3.83. The van der Waals surface area contributed by atoms with E-state index in [0.29, 0.717) is 5.01 Å². The molecule has 0 fully saturated rings. The number of nitrogen functional groups attached to an aromatic ring is 1. The summed E-state index contributed by atoms with van der Waals surface area (Å²) in [5.74, 6) is 0. The molecule has 2 rings (SSSR count). The van der Waals surface area contributed by atoms with E-state index in [1.54, 1.807) is 13.1 Å². The molecule has 2 aromatic heterocycles. The van der Waals surface area contributed by atoms with Crippen LogP contribution in [0.4, 0.5) is 5.69 Å². The summed E-state index contributed by atoms with van der Waals surface area (Å²) in [7, 11) is -3.70. The molecule has 0 aliphatic carbocycles. The lowest BCUT2D eigenvalue weighted by Gasteiger charge is -2.12. The fraction of sp³-hybridized carbons (Fsp3) is 0.273. The smallest absolute Gasteiger partial charge is 0.244 e. The highest BCUT2D eigenvalue weighted by molar-refractivity contribution is 7.89. The Bertz CT molecular complexity index is 682. The van der Waals surface area contributed by atoms with Crippen molar-refractivity contribution in [2.24, 2.45) is 0 Å². The second-order valence-electron chi connectivity index (χ2n) is 4.07. The Balaban J connectivity index is 2.25. The zero-order valence-electron chi connectivity index (χ0n) is 10.5. The molecule has 0 bridgehead atoms. The topological polar surface area (TPSA) is 98.0 Å². The van der Waals surface area contributed by atoms with Crippen molar-refractivity contribution in [2.75, 3.05) is 5.73 Å². The maximum Gasteiger partial charge on any atom is 0.244 e. The van der Waals surface area contributed by atoms with Crippen LogP contribution in [0.5, 0.6) is 0 Å². The van der Waals surface area contributed by atoms with E-state index in [9.17, 15) is 8.42 Å². The molecule has 0 spiro atoms. The number of aromatic nitrogens is 2. The number of thiazole rings is 1. The molecular weight excluding hydrogens is 284 g/mol. The van der Waals surface area contributed by atoms with Crippen LogP contribution in [-0.4, -0.2) is 18.4 Å². The number of aryl methyl sites for hydroxylation is 1. The number of hydrogen-bond donors (Lipinski definition) is 2. The van der Waals surface area contributed by atoms with Crippen molar-refractivity contribution in [3.8, 4) is 0 Å². The van der Waals surface area contributed by atoms with E-state index in [0.717, 1.165) is 4.88 Å². The minimum absolute atomic E-state index is 0.0184. The summed E-state index contributed by atoms with van der Waals surface area (Å²) in [6, 6.07) is 1.04. The zero-order valence-corrected chi connectivity index (χ0v) is 12.1. The Morgan fingerprint density at radius 3 is 2.74 bits per heavy atom. The maximum absolute atomic E-state index is 12.2. The van der Waals surface area contributed by atoms with Gasteiger partial charge in [0.15, 0.2) is 0 Å². The molecule has 8 heteroatoms. The standard InChI is InChI=1S/C11H14N4O2S2/c1-7-5-14-11(18-7)8(2)15-19(16,17)10-6-13-4-3-9(10)12/h3-6,8,15H,1-2H3,(H2,12,13). The summed E-state index contributed by atoms with van der Waals surface area (Å²) in [5, 5.41) is 0.712. The van der Waals surface area contributed by atoms with Gasteiger partial charge in [0.25, 0.3) is 0 Å². The lowest BCUT2D eigenvalue weighted by molar-refractivity contribution is 0.566. The third-order valence-corrected chi connectivity index (χ3v) is 5.13. The molecule has 0 saturated carbocycles.